The molecule has 0 spiro atoms. The molecule has 2 heterocycles. The molecule has 13 atom stereocenters. The molecule has 0 bridgehead atoms. The van der Waals surface area contributed by atoms with Crippen LogP contribution in [0.15, 0.2) is 60.0 Å². The van der Waals surface area contributed by atoms with E-state index >= 15 is 0 Å². The Balaban J connectivity index is 1.31. The number of carbonyl (C=O) groups excluding carboxylic acids is 11. The number of hydrogen-bond donors (Lipinski definition) is 17. The van der Waals surface area contributed by atoms with Gasteiger partial charge in [-0.25, -0.2) is 34.4 Å². The highest BCUT2D eigenvalue weighted by atomic mass is 33.1. The molecule has 11 amide bonds. The third kappa shape index (κ3) is 35.8. The molecule has 0 radical (unpaired) electrons. The normalized spacial score (nSPS) is 15.8. The van der Waals surface area contributed by atoms with Crippen molar-refractivity contribution < 1.29 is 122 Å². The molecule has 0 saturated carbocycles. The number of urea groups is 1. The van der Waals surface area contributed by atoms with Gasteiger partial charge in [-0.15, -0.1) is 11.3 Å². The van der Waals surface area contributed by atoms with Crippen LogP contribution in [0.25, 0.3) is 0 Å². The van der Waals surface area contributed by atoms with Crippen LogP contribution in [0.1, 0.15) is 178 Å². The highest BCUT2D eigenvalue weighted by Gasteiger charge is 2.40. The third-order valence-electron chi connectivity index (χ3n) is 18.8. The van der Waals surface area contributed by atoms with E-state index in [4.69, 9.17) is 14.6 Å². The second-order valence-corrected chi connectivity index (χ2v) is 32.0. The number of carbonyl (C=O) groups is 16. The van der Waals surface area contributed by atoms with Crippen molar-refractivity contribution in [2.75, 3.05) is 38.4 Å². The van der Waals surface area contributed by atoms with Gasteiger partial charge in [-0.3, -0.25) is 63.1 Å². The third-order valence-corrected chi connectivity index (χ3v) is 22.1. The van der Waals surface area contributed by atoms with Crippen molar-refractivity contribution in [3.63, 3.8) is 0 Å². The number of piperidine rings is 1. The second kappa shape index (κ2) is 50.8. The summed E-state index contributed by atoms with van der Waals surface area (Å²) >= 11 is 0.994. The lowest BCUT2D eigenvalue weighted by Gasteiger charge is -2.39. The molecule has 1 aliphatic heterocycles. The monoisotopic (exact) mass is 1690 g/mol. The summed E-state index contributed by atoms with van der Waals surface area (Å²) in [5.41, 5.74) is 5.52. The van der Waals surface area contributed by atoms with Gasteiger partial charge < -0.3 is 92.7 Å². The molecule has 41 heteroatoms. The van der Waals surface area contributed by atoms with Gasteiger partial charge in [-0.05, 0) is 107 Å². The van der Waals surface area contributed by atoms with Crippen LogP contribution in [-0.2, 0) is 84.6 Å². The number of carboxylic acids is 5. The number of rotatable bonds is 51. The number of likely N-dealkylation sites (tertiary alicyclic amines) is 1. The van der Waals surface area contributed by atoms with Gasteiger partial charge in [0.05, 0.1) is 12.5 Å². The lowest BCUT2D eigenvalue weighted by molar-refractivity contribution is -0.159. The zero-order valence-electron chi connectivity index (χ0n) is 66.0. The van der Waals surface area contributed by atoms with Crippen LogP contribution in [0.4, 0.5) is 9.59 Å². The maximum absolute atomic E-state index is 14.8. The second-order valence-electron chi connectivity index (χ2n) is 28.5. The van der Waals surface area contributed by atoms with Gasteiger partial charge in [0.1, 0.15) is 65.4 Å². The van der Waals surface area contributed by atoms with E-state index in [-0.39, 0.29) is 90.8 Å². The van der Waals surface area contributed by atoms with E-state index in [9.17, 15) is 107 Å². The number of nitrogens with one attached hydrogen (secondary N) is 10. The fourth-order valence-corrected chi connectivity index (χ4v) is 14.8. The van der Waals surface area contributed by atoms with Gasteiger partial charge in [0.25, 0.3) is 5.91 Å². The number of likely N-dealkylation sites (N-methyl/N-ethyl adjacent to an activating group) is 1. The molecule has 642 valence electrons. The van der Waals surface area contributed by atoms with Crippen LogP contribution in [0, 0.1) is 17.8 Å². The number of aromatic nitrogens is 1. The van der Waals surface area contributed by atoms with Crippen LogP contribution >= 0.6 is 32.9 Å². The number of hydrazine groups is 1. The molecule has 2 aromatic carbocycles. The Bertz CT molecular complexity index is 3810. The largest absolute Gasteiger partial charge is 0.508 e. The minimum Gasteiger partial charge on any atom is -0.508 e. The van der Waals surface area contributed by atoms with Gasteiger partial charge in [0, 0.05) is 79.5 Å². The van der Waals surface area contributed by atoms with Gasteiger partial charge in [0.2, 0.25) is 41.4 Å². The minimum atomic E-state index is -1.79. The number of ether oxygens (including phenoxy) is 2. The topological polar surface area (TPSA) is 573 Å². The van der Waals surface area contributed by atoms with E-state index in [1.165, 1.54) is 29.3 Å². The van der Waals surface area contributed by atoms with E-state index in [0.717, 1.165) is 52.3 Å². The average molecular weight is 1690 g/mol. The summed E-state index contributed by atoms with van der Waals surface area (Å²) in [6, 6.07) is 1.00. The Morgan fingerprint density at radius 2 is 1.24 bits per heavy atom. The number of aliphatic hydroxyl groups excluding tert-OH is 1. The first-order valence-electron chi connectivity index (χ1n) is 38.0. The molecule has 4 rings (SSSR count). The Morgan fingerprint density at radius 3 is 1.84 bits per heavy atom. The van der Waals surface area contributed by atoms with Crippen LogP contribution in [0.5, 0.6) is 5.75 Å². The molecule has 2 unspecified atom stereocenters. The molecule has 1 aromatic heterocycles. The van der Waals surface area contributed by atoms with Crippen LogP contribution in [0.2, 0.25) is 0 Å². The molecular formula is C75H109N13O25S3. The van der Waals surface area contributed by atoms with E-state index < -0.39 is 207 Å². The molecule has 3 aromatic rings. The Labute approximate surface area is 682 Å². The SMILES string of the molecule is CCCC(=O)OCN(C(=O)[C@@H](NC(=O)[C@H]1CCCCN1C)C(C)CC)[C@H](C[C@@H](O)c1nc(C(=O)N[C@@H](Cc2ccc(O)cc2)C[C@H](C)C(=O)NNC(=O)OCCSSC[C@H](NC(=O)[C@H](Cc2ccccc2)NC(=O)[C@H](CC(=O)O)NC(=O)CC[C@@H](C)NC(=O)CCC(NC(=O)N[C@@H](CCC(=O)O)C(=O)O)C(=O)O)C(=O)O)cs1)C(C)C. The maximum atomic E-state index is 14.8. The van der Waals surface area contributed by atoms with Gasteiger partial charge in [0.15, 0.2) is 6.73 Å². The molecule has 116 heavy (non-hydrogen) atoms. The summed E-state index contributed by atoms with van der Waals surface area (Å²) in [7, 11) is 3.87. The number of aliphatic hydroxyl groups is 1. The maximum Gasteiger partial charge on any atom is 0.426 e. The number of carboxylic acid groups (broad SMARTS) is 5. The van der Waals surface area contributed by atoms with E-state index in [0.29, 0.717) is 30.4 Å². The summed E-state index contributed by atoms with van der Waals surface area (Å²) in [5, 5.41) is 90.6. The predicted molar refractivity (Wildman–Crippen MR) is 422 cm³/mol. The summed E-state index contributed by atoms with van der Waals surface area (Å²) < 4.78 is 10.8. The number of nitrogens with zero attached hydrogens (tertiary/aromatic N) is 3. The fraction of sp³-hybridized carbons (Fsp3) is 0.587. The molecule has 38 nitrogen and oxygen atoms in total. The number of phenolic OH excluding ortho intramolecular Hbond substituents is 1. The van der Waals surface area contributed by atoms with Crippen LogP contribution < -0.4 is 53.4 Å². The van der Waals surface area contributed by atoms with Crippen LogP contribution in [0.3, 0.4) is 0 Å². The number of esters is 1. The standard InChI is InChI=1S/C75H109N13O25S3/c1-9-16-62(97)113-40-88(70(103)63(42(5)10-2)84-68(102)55-19-14-15-30-87(55)8)56(41(3)4)37-57(90)69-81-53(38-114-69)67(101)77-47(34-46-21-23-48(89)24-22-46)33-43(6)64(98)85-86-75(111)112-31-32-115-116-39-54(73(108)109)80-65(99)51(35-45-17-12-11-13-18-45)79-66(100)52(36-61(95)96)78-59(92)27-20-44(7)76-58(91)28-25-49(71(104)105)82-74(110)83-50(72(106)107)26-29-60(93)94/h11-13,17-18,21-24,38,41-44,47,49-52,54-57,63,89-90H,9-10,14-16,19-20,25-37,39-40H2,1-8H3,(H,76,91)(H,77,101)(H,78,92)(H,79,100)(H,80,99)(H,84,102)(H,85,98)(H,86,111)(H,93,94)(H,95,96)(H,104,105)(H,106,107)(H,108,109)(H2,82,83,110)/t42?,43-,44+,47+,49?,50-,51-,52-,54-,55+,56+,57+,63-/m0/s1. The fourth-order valence-electron chi connectivity index (χ4n) is 12.0. The van der Waals surface area contributed by atoms with E-state index in [2.05, 4.69) is 47.7 Å². The Hall–Kier alpha value is -10.4. The Morgan fingerprint density at radius 1 is 0.629 bits per heavy atom. The summed E-state index contributed by atoms with van der Waals surface area (Å²) in [6.07, 6.45) is -2.65. The molecule has 1 aliphatic rings. The lowest BCUT2D eigenvalue weighted by atomic mass is 9.92. The minimum absolute atomic E-state index is 0.00791. The first-order valence-corrected chi connectivity index (χ1v) is 41.3. The number of benzene rings is 2. The molecular weight excluding hydrogens is 1580 g/mol. The van der Waals surface area contributed by atoms with Crippen molar-refractivity contribution in [3.8, 4) is 5.75 Å². The van der Waals surface area contributed by atoms with Gasteiger partial charge in [-0.1, -0.05) is 118 Å². The highest BCUT2D eigenvalue weighted by molar-refractivity contribution is 8.76. The lowest BCUT2D eigenvalue weighted by Crippen LogP contribution is -2.59. The first-order chi connectivity index (χ1) is 54.9. The predicted octanol–water partition coefficient (Wildman–Crippen LogP) is 3.34. The van der Waals surface area contributed by atoms with Crippen LogP contribution in [-0.4, -0.2) is 245 Å². The number of thiazole rings is 1. The van der Waals surface area contributed by atoms with Crippen molar-refractivity contribution in [3.05, 3.63) is 81.8 Å². The molecule has 1 saturated heterocycles. The van der Waals surface area contributed by atoms with Crippen molar-refractivity contribution in [2.24, 2.45) is 17.8 Å². The zero-order chi connectivity index (χ0) is 86.3. The number of hydrogen-bond acceptors (Lipinski definition) is 25. The highest BCUT2D eigenvalue weighted by Crippen LogP contribution is 2.30. The average Bonchev–Trinajstić information content (AvgIpc) is 1.20. The molecule has 1 fully saturated rings. The van der Waals surface area contributed by atoms with Crippen molar-refractivity contribution in [1.82, 2.24) is 68.2 Å². The molecule has 0 aliphatic carbocycles. The van der Waals surface area contributed by atoms with Gasteiger partial charge in [-0.2, -0.15) is 0 Å². The smallest absolute Gasteiger partial charge is 0.426 e. The summed E-state index contributed by atoms with van der Waals surface area (Å²) in [5.74, 6) is -15.7. The van der Waals surface area contributed by atoms with Crippen molar-refractivity contribution in [1.29, 1.82) is 0 Å². The Kier molecular flexibility index (Phi) is 42.9. The van der Waals surface area contributed by atoms with E-state index in [1.54, 1.807) is 49.4 Å². The first kappa shape index (κ1) is 98.0. The van der Waals surface area contributed by atoms with Crippen molar-refractivity contribution in [2.45, 2.75) is 224 Å². The summed E-state index contributed by atoms with van der Waals surface area (Å²) in [6.45, 7) is 12.3. The molecule has 17 N–H and O–H groups in total. The zero-order valence-corrected chi connectivity index (χ0v) is 68.4. The quantitative estimate of drug-likeness (QED) is 0.0127. The van der Waals surface area contributed by atoms with Gasteiger partial charge >= 0.3 is 47.9 Å². The van der Waals surface area contributed by atoms with E-state index in [1.807, 2.05) is 57.2 Å². The van der Waals surface area contributed by atoms with Crippen molar-refractivity contribution >= 4 is 128 Å². The number of aromatic hydroxyl groups is 1. The summed E-state index contributed by atoms with van der Waals surface area (Å²) in [4.78, 5) is 214. The number of phenols is 1. The number of amides is 11. The number of aliphatic carboxylic acids is 5.